The van der Waals surface area contributed by atoms with Crippen molar-refractivity contribution in [1.29, 1.82) is 0 Å². The fourth-order valence-corrected chi connectivity index (χ4v) is 1.43. The van der Waals surface area contributed by atoms with Crippen molar-refractivity contribution in [2.24, 2.45) is 0 Å². The van der Waals surface area contributed by atoms with Gasteiger partial charge in [0.05, 0.1) is 0 Å². The summed E-state index contributed by atoms with van der Waals surface area (Å²) in [4.78, 5) is 11.3. The molecule has 0 aromatic heterocycles. The van der Waals surface area contributed by atoms with Crippen LogP contribution in [0.5, 0.6) is 11.5 Å². The Hall–Kier alpha value is -1.95. The summed E-state index contributed by atoms with van der Waals surface area (Å²) in [6, 6.07) is 5.28. The molecule has 1 heterocycles. The van der Waals surface area contributed by atoms with Crippen LogP contribution in [0.15, 0.2) is 18.2 Å². The number of urea groups is 1. The summed E-state index contributed by atoms with van der Waals surface area (Å²) in [5.74, 6) is 1.44. The fourth-order valence-electron chi connectivity index (χ4n) is 1.43. The van der Waals surface area contributed by atoms with Gasteiger partial charge in [-0.05, 0) is 17.7 Å². The number of nitrogens with one attached hydrogen (secondary N) is 2. The van der Waals surface area contributed by atoms with E-state index in [1.165, 1.54) is 7.11 Å². The maximum absolute atomic E-state index is 11.3. The van der Waals surface area contributed by atoms with E-state index in [0.717, 1.165) is 11.3 Å². The Morgan fingerprint density at radius 2 is 2.18 bits per heavy atom. The standard InChI is InChI=1S/C11H14N2O4/c1-15-6-13-11(14)12-5-8-2-3-9-10(4-8)17-7-16-9/h2-4H,5-7H2,1H3,(H2,12,13,14). The highest BCUT2D eigenvalue weighted by Gasteiger charge is 2.13. The van der Waals surface area contributed by atoms with Crippen LogP contribution in [0.1, 0.15) is 5.56 Å². The number of benzene rings is 1. The van der Waals surface area contributed by atoms with Crippen molar-refractivity contribution in [1.82, 2.24) is 10.6 Å². The lowest BCUT2D eigenvalue weighted by atomic mass is 10.2. The van der Waals surface area contributed by atoms with Gasteiger partial charge in [0.2, 0.25) is 6.79 Å². The molecule has 1 aromatic rings. The number of amides is 2. The Kier molecular flexibility index (Phi) is 3.66. The van der Waals surface area contributed by atoms with E-state index in [1.807, 2.05) is 18.2 Å². The summed E-state index contributed by atoms with van der Waals surface area (Å²) in [7, 11) is 1.51. The lowest BCUT2D eigenvalue weighted by Crippen LogP contribution is -2.36. The number of carbonyl (C=O) groups is 1. The summed E-state index contributed by atoms with van der Waals surface area (Å²) in [6.45, 7) is 0.861. The van der Waals surface area contributed by atoms with Gasteiger partial charge in [0.1, 0.15) is 6.73 Å². The number of hydrogen-bond donors (Lipinski definition) is 2. The highest BCUT2D eigenvalue weighted by atomic mass is 16.7. The van der Waals surface area contributed by atoms with E-state index in [2.05, 4.69) is 10.6 Å². The van der Waals surface area contributed by atoms with Gasteiger partial charge in [-0.1, -0.05) is 6.07 Å². The van der Waals surface area contributed by atoms with Crippen LogP contribution in [0.2, 0.25) is 0 Å². The van der Waals surface area contributed by atoms with Crippen LogP contribution in [0, 0.1) is 0 Å². The van der Waals surface area contributed by atoms with E-state index < -0.39 is 0 Å². The van der Waals surface area contributed by atoms with Gasteiger partial charge in [-0.3, -0.25) is 0 Å². The molecular formula is C11H14N2O4. The molecule has 2 rings (SSSR count). The first kappa shape index (κ1) is 11.5. The number of fused-ring (bicyclic) bond motifs is 1. The molecule has 0 spiro atoms. The maximum Gasteiger partial charge on any atom is 0.316 e. The van der Waals surface area contributed by atoms with Gasteiger partial charge in [-0.25, -0.2) is 4.79 Å². The zero-order valence-electron chi connectivity index (χ0n) is 9.49. The molecule has 0 atom stereocenters. The largest absolute Gasteiger partial charge is 0.454 e. The van der Waals surface area contributed by atoms with Gasteiger partial charge in [0.25, 0.3) is 0 Å². The molecule has 6 nitrogen and oxygen atoms in total. The highest BCUT2D eigenvalue weighted by Crippen LogP contribution is 2.32. The SMILES string of the molecule is COCNC(=O)NCc1ccc2c(c1)OCO2. The van der Waals surface area contributed by atoms with Crippen LogP contribution in [0.25, 0.3) is 0 Å². The quantitative estimate of drug-likeness (QED) is 0.762. The topological polar surface area (TPSA) is 68.8 Å². The minimum absolute atomic E-state index is 0.187. The second kappa shape index (κ2) is 5.40. The molecule has 0 saturated heterocycles. The Bertz CT molecular complexity index is 408. The van der Waals surface area contributed by atoms with Crippen molar-refractivity contribution in [2.45, 2.75) is 6.54 Å². The first-order chi connectivity index (χ1) is 8.29. The van der Waals surface area contributed by atoms with Gasteiger partial charge in [-0.15, -0.1) is 0 Å². The van der Waals surface area contributed by atoms with E-state index >= 15 is 0 Å². The van der Waals surface area contributed by atoms with E-state index in [9.17, 15) is 4.79 Å². The lowest BCUT2D eigenvalue weighted by molar-refractivity contribution is 0.172. The van der Waals surface area contributed by atoms with Crippen LogP contribution in [-0.4, -0.2) is 26.7 Å². The van der Waals surface area contributed by atoms with Crippen LogP contribution in [-0.2, 0) is 11.3 Å². The molecule has 17 heavy (non-hydrogen) atoms. The first-order valence-electron chi connectivity index (χ1n) is 5.19. The molecule has 0 aliphatic carbocycles. The van der Waals surface area contributed by atoms with Crippen molar-refractivity contribution >= 4 is 6.03 Å². The van der Waals surface area contributed by atoms with Gasteiger partial charge in [0, 0.05) is 13.7 Å². The van der Waals surface area contributed by atoms with E-state index in [-0.39, 0.29) is 19.6 Å². The molecular weight excluding hydrogens is 224 g/mol. The molecule has 0 fully saturated rings. The summed E-state index contributed by atoms with van der Waals surface area (Å²) in [5, 5.41) is 5.23. The molecule has 0 saturated carbocycles. The molecule has 1 aromatic carbocycles. The Morgan fingerprint density at radius 1 is 1.35 bits per heavy atom. The number of methoxy groups -OCH3 is 1. The van der Waals surface area contributed by atoms with Crippen molar-refractivity contribution < 1.29 is 19.0 Å². The summed E-state index contributed by atoms with van der Waals surface area (Å²) < 4.78 is 15.2. The van der Waals surface area contributed by atoms with Crippen LogP contribution in [0.4, 0.5) is 4.79 Å². The second-order valence-electron chi connectivity index (χ2n) is 3.48. The number of rotatable bonds is 4. The lowest BCUT2D eigenvalue weighted by Gasteiger charge is -2.07. The second-order valence-corrected chi connectivity index (χ2v) is 3.48. The predicted octanol–water partition coefficient (Wildman–Crippen LogP) is 0.818. The monoisotopic (exact) mass is 238 g/mol. The Morgan fingerprint density at radius 3 is 3.00 bits per heavy atom. The van der Waals surface area contributed by atoms with Crippen molar-refractivity contribution in [3.8, 4) is 11.5 Å². The minimum atomic E-state index is -0.274. The smallest absolute Gasteiger partial charge is 0.316 e. The van der Waals surface area contributed by atoms with Crippen molar-refractivity contribution in [2.75, 3.05) is 20.6 Å². The summed E-state index contributed by atoms with van der Waals surface area (Å²) in [5.41, 5.74) is 0.946. The molecule has 0 bridgehead atoms. The molecule has 2 N–H and O–H groups in total. The average molecular weight is 238 g/mol. The van der Waals surface area contributed by atoms with E-state index in [4.69, 9.17) is 14.2 Å². The summed E-state index contributed by atoms with van der Waals surface area (Å²) >= 11 is 0. The third-order valence-electron chi connectivity index (χ3n) is 2.27. The van der Waals surface area contributed by atoms with E-state index in [0.29, 0.717) is 12.3 Å². The highest BCUT2D eigenvalue weighted by molar-refractivity contribution is 5.73. The van der Waals surface area contributed by atoms with Gasteiger partial charge < -0.3 is 24.8 Å². The fraction of sp³-hybridized carbons (Fsp3) is 0.364. The molecule has 1 aliphatic rings. The van der Waals surface area contributed by atoms with Gasteiger partial charge >= 0.3 is 6.03 Å². The Labute approximate surface area is 98.9 Å². The van der Waals surface area contributed by atoms with Crippen LogP contribution < -0.4 is 20.1 Å². The number of hydrogen-bond acceptors (Lipinski definition) is 4. The predicted molar refractivity (Wildman–Crippen MR) is 59.8 cm³/mol. The molecule has 1 aliphatic heterocycles. The molecule has 0 radical (unpaired) electrons. The molecule has 92 valence electrons. The van der Waals surface area contributed by atoms with Gasteiger partial charge in [-0.2, -0.15) is 0 Å². The third-order valence-corrected chi connectivity index (χ3v) is 2.27. The van der Waals surface area contributed by atoms with E-state index in [1.54, 1.807) is 0 Å². The Balaban J connectivity index is 1.85. The first-order valence-corrected chi connectivity index (χ1v) is 5.19. The average Bonchev–Trinajstić information content (AvgIpc) is 2.81. The zero-order valence-corrected chi connectivity index (χ0v) is 9.49. The van der Waals surface area contributed by atoms with Crippen molar-refractivity contribution in [3.63, 3.8) is 0 Å². The normalized spacial score (nSPS) is 12.3. The molecule has 0 unspecified atom stereocenters. The van der Waals surface area contributed by atoms with Gasteiger partial charge in [0.15, 0.2) is 11.5 Å². The molecule has 2 amide bonds. The molecule has 6 heteroatoms. The van der Waals surface area contributed by atoms with Crippen LogP contribution >= 0.6 is 0 Å². The zero-order chi connectivity index (χ0) is 12.1. The van der Waals surface area contributed by atoms with Crippen LogP contribution in [0.3, 0.4) is 0 Å². The van der Waals surface area contributed by atoms with Crippen molar-refractivity contribution in [3.05, 3.63) is 23.8 Å². The third kappa shape index (κ3) is 3.01. The minimum Gasteiger partial charge on any atom is -0.454 e. The maximum atomic E-state index is 11.3. The summed E-state index contributed by atoms with van der Waals surface area (Å²) in [6.07, 6.45) is 0. The number of ether oxygens (including phenoxy) is 3. The number of carbonyl (C=O) groups excluding carboxylic acids is 1.